The minimum atomic E-state index is -0.519. The second kappa shape index (κ2) is 6.61. The topological polar surface area (TPSA) is 64.7 Å². The Morgan fingerprint density at radius 1 is 1.04 bits per heavy atom. The van der Waals surface area contributed by atoms with Gasteiger partial charge in [0.05, 0.1) is 0 Å². The molecule has 0 aliphatic carbocycles. The van der Waals surface area contributed by atoms with E-state index in [1.54, 1.807) is 37.3 Å². The van der Waals surface area contributed by atoms with Gasteiger partial charge in [-0.3, -0.25) is 0 Å². The van der Waals surface area contributed by atoms with Crippen LogP contribution in [0.15, 0.2) is 69.8 Å². The first-order valence-corrected chi connectivity index (χ1v) is 8.30. The van der Waals surface area contributed by atoms with Crippen LogP contribution in [-0.2, 0) is 9.53 Å². The molecule has 26 heavy (non-hydrogen) atoms. The van der Waals surface area contributed by atoms with E-state index in [9.17, 15) is 4.79 Å². The molecule has 128 valence electrons. The van der Waals surface area contributed by atoms with E-state index in [0.29, 0.717) is 22.0 Å². The third kappa shape index (κ3) is 3.05. The highest BCUT2D eigenvalue weighted by Gasteiger charge is 2.30. The van der Waals surface area contributed by atoms with Crippen LogP contribution in [0.5, 0.6) is 0 Å². The number of cyclic esters (lactones) is 1. The Balaban J connectivity index is 1.75. The molecule has 2 aromatic carbocycles. The van der Waals surface area contributed by atoms with Gasteiger partial charge in [-0.05, 0) is 30.7 Å². The van der Waals surface area contributed by atoms with E-state index in [2.05, 4.69) is 10.1 Å². The van der Waals surface area contributed by atoms with E-state index in [0.717, 1.165) is 11.1 Å². The molecule has 1 aliphatic rings. The minimum absolute atomic E-state index is 0.188. The lowest BCUT2D eigenvalue weighted by Gasteiger charge is -2.01. The van der Waals surface area contributed by atoms with E-state index in [1.165, 1.54) is 0 Å². The van der Waals surface area contributed by atoms with Crippen molar-refractivity contribution in [2.45, 2.75) is 6.92 Å². The number of aromatic nitrogens is 1. The summed E-state index contributed by atoms with van der Waals surface area (Å²) in [6, 6.07) is 16.6. The molecule has 3 aromatic rings. The van der Waals surface area contributed by atoms with Gasteiger partial charge in [0, 0.05) is 10.6 Å². The molecule has 0 radical (unpaired) electrons. The number of ether oxygens (including phenoxy) is 1. The number of hydrogen-bond donors (Lipinski definition) is 0. The van der Waals surface area contributed by atoms with Crippen molar-refractivity contribution in [1.29, 1.82) is 0 Å². The number of hydrogen-bond acceptors (Lipinski definition) is 5. The molecule has 0 saturated carbocycles. The van der Waals surface area contributed by atoms with Gasteiger partial charge >= 0.3 is 5.97 Å². The summed E-state index contributed by atoms with van der Waals surface area (Å²) in [6.07, 6.45) is 1.65. The second-order valence-corrected chi connectivity index (χ2v) is 6.15. The number of aliphatic imine (C=N–C) groups is 1. The quantitative estimate of drug-likeness (QED) is 0.501. The number of rotatable bonds is 3. The lowest BCUT2D eigenvalue weighted by atomic mass is 10.1. The molecule has 6 heteroatoms. The largest absolute Gasteiger partial charge is 0.402 e. The fourth-order valence-corrected chi connectivity index (χ4v) is 2.78. The molecule has 4 rings (SSSR count). The highest BCUT2D eigenvalue weighted by molar-refractivity contribution is 6.30. The molecule has 0 N–H and O–H groups in total. The van der Waals surface area contributed by atoms with Crippen LogP contribution in [0.2, 0.25) is 5.02 Å². The zero-order chi connectivity index (χ0) is 18.1. The number of nitrogens with zero attached hydrogens (tertiary/aromatic N) is 2. The summed E-state index contributed by atoms with van der Waals surface area (Å²) in [7, 11) is 0. The maximum Gasteiger partial charge on any atom is 0.363 e. The lowest BCUT2D eigenvalue weighted by molar-refractivity contribution is -0.129. The molecular formula is C20H13ClN2O3. The minimum Gasteiger partial charge on any atom is -0.402 e. The molecule has 2 heterocycles. The standard InChI is InChI=1S/C20H13ClN2O3/c1-12-17(18(23-26-12)14-5-3-2-4-6-14)19-22-16(20(24)25-19)11-13-7-9-15(21)10-8-13/h2-11H,1H3/b16-11-. The maximum atomic E-state index is 12.2. The molecule has 5 nitrogen and oxygen atoms in total. The summed E-state index contributed by atoms with van der Waals surface area (Å²) in [5, 5.41) is 4.72. The third-order valence-corrected chi connectivity index (χ3v) is 4.17. The van der Waals surface area contributed by atoms with Gasteiger partial charge in [-0.15, -0.1) is 0 Å². The van der Waals surface area contributed by atoms with Crippen molar-refractivity contribution in [2.24, 2.45) is 4.99 Å². The summed E-state index contributed by atoms with van der Waals surface area (Å²) < 4.78 is 10.7. The number of carbonyl (C=O) groups is 1. The molecule has 0 saturated heterocycles. The molecule has 1 aliphatic heterocycles. The van der Waals surface area contributed by atoms with Crippen LogP contribution in [0.25, 0.3) is 17.3 Å². The molecule has 1 aromatic heterocycles. The highest BCUT2D eigenvalue weighted by atomic mass is 35.5. The van der Waals surface area contributed by atoms with Crippen LogP contribution in [0, 0.1) is 6.92 Å². The fraction of sp³-hybridized carbons (Fsp3) is 0.0500. The zero-order valence-corrected chi connectivity index (χ0v) is 14.5. The molecule has 0 atom stereocenters. The lowest BCUT2D eigenvalue weighted by Crippen LogP contribution is -2.07. The summed E-state index contributed by atoms with van der Waals surface area (Å²) in [5.41, 5.74) is 3.03. The number of halogens is 1. The van der Waals surface area contributed by atoms with Crippen LogP contribution in [0.4, 0.5) is 0 Å². The van der Waals surface area contributed by atoms with Gasteiger partial charge in [-0.2, -0.15) is 0 Å². The van der Waals surface area contributed by atoms with E-state index in [-0.39, 0.29) is 11.6 Å². The Morgan fingerprint density at radius 3 is 2.50 bits per heavy atom. The number of aryl methyl sites for hydroxylation is 1. The fourth-order valence-electron chi connectivity index (χ4n) is 2.65. The Kier molecular flexibility index (Phi) is 4.14. The van der Waals surface area contributed by atoms with Crippen molar-refractivity contribution in [3.63, 3.8) is 0 Å². The summed E-state index contributed by atoms with van der Waals surface area (Å²) in [6.45, 7) is 1.76. The first-order chi connectivity index (χ1) is 12.6. The number of carbonyl (C=O) groups excluding carboxylic acids is 1. The zero-order valence-electron chi connectivity index (χ0n) is 13.8. The van der Waals surface area contributed by atoms with Crippen molar-refractivity contribution in [3.8, 4) is 11.3 Å². The average molecular weight is 365 g/mol. The highest BCUT2D eigenvalue weighted by Crippen LogP contribution is 2.29. The van der Waals surface area contributed by atoms with Crippen LogP contribution in [0.3, 0.4) is 0 Å². The first kappa shape index (κ1) is 16.3. The van der Waals surface area contributed by atoms with E-state index >= 15 is 0 Å². The molecule has 0 bridgehead atoms. The Labute approximate surface area is 154 Å². The Hall–Kier alpha value is -3.18. The smallest absolute Gasteiger partial charge is 0.363 e. The molecule has 0 spiro atoms. The summed E-state index contributed by atoms with van der Waals surface area (Å²) in [5.74, 6) is 0.200. The van der Waals surface area contributed by atoms with E-state index in [4.69, 9.17) is 20.9 Å². The maximum absolute atomic E-state index is 12.2. The van der Waals surface area contributed by atoms with Crippen LogP contribution in [0.1, 0.15) is 16.9 Å². The van der Waals surface area contributed by atoms with E-state index in [1.807, 2.05) is 30.3 Å². The third-order valence-electron chi connectivity index (χ3n) is 3.92. The Bertz CT molecular complexity index is 1030. The summed E-state index contributed by atoms with van der Waals surface area (Å²) >= 11 is 5.88. The monoisotopic (exact) mass is 364 g/mol. The molecule has 0 amide bonds. The van der Waals surface area contributed by atoms with Crippen molar-refractivity contribution < 1.29 is 14.1 Å². The van der Waals surface area contributed by atoms with Gasteiger partial charge in [-0.1, -0.05) is 59.2 Å². The van der Waals surface area contributed by atoms with Crippen LogP contribution < -0.4 is 0 Å². The second-order valence-electron chi connectivity index (χ2n) is 5.72. The predicted octanol–water partition coefficient (Wildman–Crippen LogP) is 4.65. The van der Waals surface area contributed by atoms with Crippen molar-refractivity contribution in [3.05, 3.63) is 82.2 Å². The van der Waals surface area contributed by atoms with Gasteiger partial charge in [0.25, 0.3) is 0 Å². The SMILES string of the molecule is Cc1onc(-c2ccccc2)c1C1=N/C(=C\c2ccc(Cl)cc2)C(=O)O1. The van der Waals surface area contributed by atoms with Gasteiger partial charge in [-0.25, -0.2) is 9.79 Å². The molecule has 0 unspecified atom stereocenters. The number of benzene rings is 2. The van der Waals surface area contributed by atoms with Crippen molar-refractivity contribution >= 4 is 29.5 Å². The average Bonchev–Trinajstić information content (AvgIpc) is 3.20. The van der Waals surface area contributed by atoms with E-state index < -0.39 is 5.97 Å². The Morgan fingerprint density at radius 2 is 1.77 bits per heavy atom. The molecule has 0 fully saturated rings. The van der Waals surface area contributed by atoms with Gasteiger partial charge in [0.2, 0.25) is 5.90 Å². The van der Waals surface area contributed by atoms with Crippen molar-refractivity contribution in [1.82, 2.24) is 5.16 Å². The van der Waals surface area contributed by atoms with Crippen molar-refractivity contribution in [2.75, 3.05) is 0 Å². The van der Waals surface area contributed by atoms with Gasteiger partial charge in [0.1, 0.15) is 17.0 Å². The normalized spacial score (nSPS) is 15.2. The molecular weight excluding hydrogens is 352 g/mol. The first-order valence-electron chi connectivity index (χ1n) is 7.92. The van der Waals surface area contributed by atoms with Crippen LogP contribution >= 0.6 is 11.6 Å². The van der Waals surface area contributed by atoms with Gasteiger partial charge < -0.3 is 9.26 Å². The van der Waals surface area contributed by atoms with Crippen LogP contribution in [-0.4, -0.2) is 17.0 Å². The summed E-state index contributed by atoms with van der Waals surface area (Å²) in [4.78, 5) is 16.6. The number of esters is 1. The van der Waals surface area contributed by atoms with Gasteiger partial charge in [0.15, 0.2) is 5.70 Å². The predicted molar refractivity (Wildman–Crippen MR) is 98.7 cm³/mol.